The molecule has 7 nitrogen and oxygen atoms in total. The fourth-order valence-corrected chi connectivity index (χ4v) is 2.94. The van der Waals surface area contributed by atoms with Gasteiger partial charge in [0.1, 0.15) is 17.4 Å². The van der Waals surface area contributed by atoms with E-state index in [2.05, 4.69) is 15.3 Å². The Morgan fingerprint density at radius 3 is 2.66 bits per heavy atom. The first kappa shape index (κ1) is 20.4. The zero-order valence-electron chi connectivity index (χ0n) is 16.0. The van der Waals surface area contributed by atoms with Crippen molar-refractivity contribution in [1.82, 2.24) is 14.9 Å². The predicted molar refractivity (Wildman–Crippen MR) is 113 cm³/mol. The summed E-state index contributed by atoms with van der Waals surface area (Å²) >= 11 is 5.84. The first-order valence-electron chi connectivity index (χ1n) is 8.93. The lowest BCUT2D eigenvalue weighted by atomic mass is 10.1. The van der Waals surface area contributed by atoms with Gasteiger partial charge in [-0.2, -0.15) is 5.26 Å². The molecule has 2 aromatic carbocycles. The lowest BCUT2D eigenvalue weighted by Gasteiger charge is -2.24. The third kappa shape index (κ3) is 4.74. The second-order valence-electron chi connectivity index (χ2n) is 6.62. The van der Waals surface area contributed by atoms with E-state index in [0.29, 0.717) is 16.2 Å². The molecule has 0 fully saturated rings. The second-order valence-corrected chi connectivity index (χ2v) is 7.06. The van der Waals surface area contributed by atoms with Crippen molar-refractivity contribution in [2.45, 2.75) is 13.0 Å². The van der Waals surface area contributed by atoms with Crippen LogP contribution in [0.1, 0.15) is 12.7 Å². The van der Waals surface area contributed by atoms with Crippen LogP contribution >= 0.6 is 11.6 Å². The number of H-pyrrole nitrogens is 1. The van der Waals surface area contributed by atoms with Crippen molar-refractivity contribution in [2.24, 2.45) is 0 Å². The molecule has 0 saturated carbocycles. The maximum Gasteiger partial charge on any atom is 0.238 e. The molecule has 1 amide bonds. The van der Waals surface area contributed by atoms with Crippen LogP contribution in [0.15, 0.2) is 54.3 Å². The van der Waals surface area contributed by atoms with Crippen LogP contribution in [0.25, 0.3) is 16.6 Å². The smallest absolute Gasteiger partial charge is 0.238 e. The van der Waals surface area contributed by atoms with Gasteiger partial charge in [0, 0.05) is 10.7 Å². The summed E-state index contributed by atoms with van der Waals surface area (Å²) in [6, 6.07) is 15.6. The first-order chi connectivity index (χ1) is 13.9. The van der Waals surface area contributed by atoms with E-state index in [1.807, 2.05) is 30.3 Å². The van der Waals surface area contributed by atoms with Crippen molar-refractivity contribution in [3.05, 3.63) is 65.1 Å². The number of aliphatic hydroxyl groups excluding tert-OH is 1. The molecule has 0 aliphatic carbocycles. The number of halogens is 1. The van der Waals surface area contributed by atoms with Gasteiger partial charge in [-0.1, -0.05) is 23.7 Å². The molecule has 0 bridgehead atoms. The Morgan fingerprint density at radius 2 is 2.00 bits per heavy atom. The van der Waals surface area contributed by atoms with Crippen LogP contribution in [-0.4, -0.2) is 45.5 Å². The molecule has 1 heterocycles. The minimum Gasteiger partial charge on any atom is -0.509 e. The highest BCUT2D eigenvalue weighted by Gasteiger charge is 2.22. The summed E-state index contributed by atoms with van der Waals surface area (Å²) in [6.45, 7) is 1.73. The van der Waals surface area contributed by atoms with Gasteiger partial charge in [-0.3, -0.25) is 9.69 Å². The number of nitrogens with zero attached hydrogens (tertiary/aromatic N) is 3. The molecule has 0 aliphatic rings. The Hall–Kier alpha value is -3.34. The number of likely N-dealkylation sites (N-methyl/N-ethyl adjacent to an activating group) is 1. The van der Waals surface area contributed by atoms with Crippen molar-refractivity contribution in [1.29, 1.82) is 5.26 Å². The molecule has 1 aromatic heterocycles. The van der Waals surface area contributed by atoms with Gasteiger partial charge < -0.3 is 15.4 Å². The van der Waals surface area contributed by atoms with E-state index in [0.717, 1.165) is 5.52 Å². The summed E-state index contributed by atoms with van der Waals surface area (Å²) in [5.41, 5.74) is 2.14. The van der Waals surface area contributed by atoms with Crippen LogP contribution in [0, 0.1) is 11.3 Å². The summed E-state index contributed by atoms with van der Waals surface area (Å²) in [4.78, 5) is 21.3. The third-order valence-corrected chi connectivity index (χ3v) is 4.82. The SMILES string of the molecule is C[C@@H](/C(O)=C(\C#N)c1nc2ccccc2[nH]1)N(C)CC(=O)Nc1ccc(Cl)cc1. The van der Waals surface area contributed by atoms with Crippen LogP contribution in [0.4, 0.5) is 5.69 Å². The normalized spacial score (nSPS) is 13.1. The second kappa shape index (κ2) is 8.78. The number of aromatic amines is 1. The van der Waals surface area contributed by atoms with Crippen LogP contribution in [0.3, 0.4) is 0 Å². The Balaban J connectivity index is 1.74. The van der Waals surface area contributed by atoms with E-state index in [-0.39, 0.29) is 29.6 Å². The number of anilines is 1. The fraction of sp³-hybridized carbons (Fsp3) is 0.190. The maximum absolute atomic E-state index is 12.3. The van der Waals surface area contributed by atoms with Crippen molar-refractivity contribution in [2.75, 3.05) is 18.9 Å². The Kier molecular flexibility index (Phi) is 6.17. The molecule has 0 unspecified atom stereocenters. The number of fused-ring (bicyclic) bond motifs is 1. The summed E-state index contributed by atoms with van der Waals surface area (Å²) in [5, 5.41) is 23.6. The summed E-state index contributed by atoms with van der Waals surface area (Å²) in [6.07, 6.45) is 0. The summed E-state index contributed by atoms with van der Waals surface area (Å²) in [7, 11) is 1.69. The Morgan fingerprint density at radius 1 is 1.31 bits per heavy atom. The van der Waals surface area contributed by atoms with E-state index in [4.69, 9.17) is 11.6 Å². The predicted octanol–water partition coefficient (Wildman–Crippen LogP) is 3.97. The number of hydrogen-bond acceptors (Lipinski definition) is 5. The van der Waals surface area contributed by atoms with Crippen LogP contribution in [0.2, 0.25) is 5.02 Å². The van der Waals surface area contributed by atoms with Gasteiger partial charge in [0.05, 0.1) is 23.6 Å². The Bertz CT molecular complexity index is 1070. The number of benzene rings is 2. The number of rotatable bonds is 6. The van der Waals surface area contributed by atoms with Crippen LogP contribution < -0.4 is 5.32 Å². The standard InChI is InChI=1S/C21H20ClN5O2/c1-13(27(2)12-19(28)24-15-9-7-14(22)8-10-15)20(29)16(11-23)21-25-17-5-3-4-6-18(17)26-21/h3-10,13,29H,12H2,1-2H3,(H,24,28)(H,25,26)/b20-16-/t13-/m0/s1. The fourth-order valence-electron chi connectivity index (χ4n) is 2.82. The molecule has 8 heteroatoms. The molecule has 0 spiro atoms. The minimum atomic E-state index is -0.575. The van der Waals surface area contributed by atoms with Gasteiger partial charge >= 0.3 is 0 Å². The average Bonchev–Trinajstić information content (AvgIpc) is 3.13. The molecule has 0 aliphatic heterocycles. The van der Waals surface area contributed by atoms with E-state index in [1.54, 1.807) is 43.1 Å². The lowest BCUT2D eigenvalue weighted by molar-refractivity contribution is -0.117. The van der Waals surface area contributed by atoms with Crippen LogP contribution in [-0.2, 0) is 4.79 Å². The molecule has 3 N–H and O–H groups in total. The quantitative estimate of drug-likeness (QED) is 0.422. The van der Waals surface area contributed by atoms with Gasteiger partial charge in [0.15, 0.2) is 5.82 Å². The molecular weight excluding hydrogens is 390 g/mol. The number of imidazole rings is 1. The highest BCUT2D eigenvalue weighted by atomic mass is 35.5. The van der Waals surface area contributed by atoms with Crippen molar-refractivity contribution in [3.8, 4) is 6.07 Å². The number of hydrogen-bond donors (Lipinski definition) is 3. The third-order valence-electron chi connectivity index (χ3n) is 4.57. The summed E-state index contributed by atoms with van der Waals surface area (Å²) < 4.78 is 0. The number of aliphatic hydroxyl groups is 1. The first-order valence-corrected chi connectivity index (χ1v) is 9.31. The molecule has 1 atom stereocenters. The van der Waals surface area contributed by atoms with Gasteiger partial charge in [-0.05, 0) is 50.4 Å². The van der Waals surface area contributed by atoms with E-state index >= 15 is 0 Å². The molecule has 0 saturated heterocycles. The van der Waals surface area contributed by atoms with Crippen LogP contribution in [0.5, 0.6) is 0 Å². The highest BCUT2D eigenvalue weighted by molar-refractivity contribution is 6.30. The van der Waals surface area contributed by atoms with E-state index in [9.17, 15) is 15.2 Å². The number of amides is 1. The average molecular weight is 410 g/mol. The molecular formula is C21H20ClN5O2. The Labute approximate surface area is 173 Å². The van der Waals surface area contributed by atoms with Gasteiger partial charge in [-0.15, -0.1) is 0 Å². The highest BCUT2D eigenvalue weighted by Crippen LogP contribution is 2.21. The molecule has 3 rings (SSSR count). The zero-order valence-corrected chi connectivity index (χ0v) is 16.7. The molecule has 0 radical (unpaired) electrons. The monoisotopic (exact) mass is 409 g/mol. The topological polar surface area (TPSA) is 105 Å². The van der Waals surface area contributed by atoms with Crippen molar-refractivity contribution in [3.63, 3.8) is 0 Å². The van der Waals surface area contributed by atoms with Gasteiger partial charge in [-0.25, -0.2) is 4.98 Å². The summed E-state index contributed by atoms with van der Waals surface area (Å²) in [5.74, 6) is -0.123. The number of aromatic nitrogens is 2. The van der Waals surface area contributed by atoms with E-state index < -0.39 is 6.04 Å². The lowest BCUT2D eigenvalue weighted by Crippen LogP contribution is -2.37. The molecule has 148 valence electrons. The maximum atomic E-state index is 12.3. The minimum absolute atomic E-state index is 0.0205. The van der Waals surface area contributed by atoms with Crippen molar-refractivity contribution >= 4 is 39.8 Å². The number of allylic oxidation sites excluding steroid dienone is 1. The molecule has 3 aromatic rings. The number of carbonyl (C=O) groups is 1. The number of para-hydroxylation sites is 2. The number of nitrogens with one attached hydrogen (secondary N) is 2. The number of nitriles is 1. The number of carbonyl (C=O) groups excluding carboxylic acids is 1. The van der Waals surface area contributed by atoms with Crippen molar-refractivity contribution < 1.29 is 9.90 Å². The van der Waals surface area contributed by atoms with Gasteiger partial charge in [0.2, 0.25) is 5.91 Å². The molecule has 29 heavy (non-hydrogen) atoms. The largest absolute Gasteiger partial charge is 0.509 e. The zero-order chi connectivity index (χ0) is 21.0. The van der Waals surface area contributed by atoms with Gasteiger partial charge in [0.25, 0.3) is 0 Å². The van der Waals surface area contributed by atoms with E-state index in [1.165, 1.54) is 0 Å².